The molecule has 0 radical (unpaired) electrons. The molecule has 0 amide bonds. The Hall–Kier alpha value is -1.23. The van der Waals surface area contributed by atoms with Crippen LogP contribution in [-0.4, -0.2) is 26.6 Å². The minimum Gasteiger partial charge on any atom is -0.321 e. The molecule has 0 aromatic carbocycles. The van der Waals surface area contributed by atoms with Crippen LogP contribution < -0.4 is 5.73 Å². The van der Waals surface area contributed by atoms with Crippen molar-refractivity contribution in [2.45, 2.75) is 13.0 Å². The zero-order valence-corrected chi connectivity index (χ0v) is 6.48. The molecule has 1 rings (SSSR count). The molecule has 60 valence electrons. The molecule has 0 saturated heterocycles. The number of hydrogen-bond donors (Lipinski definition) is 1. The highest BCUT2D eigenvalue weighted by Gasteiger charge is 2.14. The third kappa shape index (κ3) is 1.62. The Morgan fingerprint density at radius 3 is 2.82 bits per heavy atom. The van der Waals surface area contributed by atoms with Crippen LogP contribution in [0.1, 0.15) is 17.5 Å². The van der Waals surface area contributed by atoms with Gasteiger partial charge in [0.25, 0.3) is 0 Å². The van der Waals surface area contributed by atoms with Crippen molar-refractivity contribution in [1.29, 1.82) is 0 Å². The highest BCUT2D eigenvalue weighted by molar-refractivity contribution is 5.96. The van der Waals surface area contributed by atoms with Crippen molar-refractivity contribution in [3.05, 3.63) is 12.2 Å². The lowest BCUT2D eigenvalue weighted by Crippen LogP contribution is -2.27. The van der Waals surface area contributed by atoms with Gasteiger partial charge in [0.2, 0.25) is 11.6 Å². The Balaban J connectivity index is 2.85. The Morgan fingerprint density at radius 2 is 2.45 bits per heavy atom. The van der Waals surface area contributed by atoms with E-state index in [2.05, 4.69) is 10.1 Å². The van der Waals surface area contributed by atoms with Crippen molar-refractivity contribution in [3.63, 3.8) is 0 Å². The third-order valence-corrected chi connectivity index (χ3v) is 1.23. The van der Waals surface area contributed by atoms with Crippen LogP contribution in [0.4, 0.5) is 0 Å². The first-order valence-electron chi connectivity index (χ1n) is 3.26. The number of rotatable bonds is 2. The Morgan fingerprint density at radius 1 is 1.82 bits per heavy atom. The van der Waals surface area contributed by atoms with Crippen LogP contribution in [0.2, 0.25) is 0 Å². The summed E-state index contributed by atoms with van der Waals surface area (Å²) in [5.74, 6) is -0.0481. The van der Waals surface area contributed by atoms with Gasteiger partial charge in [0.15, 0.2) is 0 Å². The highest BCUT2D eigenvalue weighted by atomic mass is 16.1. The number of carbonyl (C=O) groups excluding carboxylic acids is 1. The van der Waals surface area contributed by atoms with Crippen LogP contribution in [0.25, 0.3) is 0 Å². The number of ketones is 1. The summed E-state index contributed by atoms with van der Waals surface area (Å²) in [7, 11) is 1.70. The van der Waals surface area contributed by atoms with Gasteiger partial charge in [0, 0.05) is 7.05 Å². The van der Waals surface area contributed by atoms with E-state index in [9.17, 15) is 4.79 Å². The molecule has 0 aliphatic carbocycles. The molecular weight excluding hydrogens is 144 g/mol. The van der Waals surface area contributed by atoms with Crippen LogP contribution in [0, 0.1) is 0 Å². The van der Waals surface area contributed by atoms with Gasteiger partial charge in [0.05, 0.1) is 6.04 Å². The van der Waals surface area contributed by atoms with Gasteiger partial charge < -0.3 is 5.73 Å². The van der Waals surface area contributed by atoms with E-state index < -0.39 is 6.04 Å². The first-order valence-corrected chi connectivity index (χ1v) is 3.26. The zero-order chi connectivity index (χ0) is 8.43. The van der Waals surface area contributed by atoms with Gasteiger partial charge in [-0.05, 0) is 6.92 Å². The van der Waals surface area contributed by atoms with E-state index in [-0.39, 0.29) is 11.6 Å². The van der Waals surface area contributed by atoms with Crippen LogP contribution in [0.5, 0.6) is 0 Å². The second-order valence-electron chi connectivity index (χ2n) is 2.39. The van der Waals surface area contributed by atoms with Crippen LogP contribution in [0.3, 0.4) is 0 Å². The molecule has 2 N–H and O–H groups in total. The predicted molar refractivity (Wildman–Crippen MR) is 39.0 cm³/mol. The summed E-state index contributed by atoms with van der Waals surface area (Å²) in [4.78, 5) is 14.9. The Bertz CT molecular complexity index is 265. The van der Waals surface area contributed by atoms with Crippen LogP contribution in [-0.2, 0) is 7.05 Å². The summed E-state index contributed by atoms with van der Waals surface area (Å²) in [5, 5.41) is 3.81. The summed E-state index contributed by atoms with van der Waals surface area (Å²) < 4.78 is 1.47. The van der Waals surface area contributed by atoms with E-state index in [0.29, 0.717) is 0 Å². The van der Waals surface area contributed by atoms with Crippen molar-refractivity contribution in [2.24, 2.45) is 12.8 Å². The first kappa shape index (κ1) is 7.87. The van der Waals surface area contributed by atoms with Gasteiger partial charge in [-0.3, -0.25) is 9.48 Å². The standard InChI is InChI=1S/C6H10N4O/c1-4(7)5(11)6-8-3-10(2)9-6/h3-4H,7H2,1-2H3. The SMILES string of the molecule is CC(N)C(=O)c1ncn(C)n1. The normalized spacial score (nSPS) is 13.0. The largest absolute Gasteiger partial charge is 0.321 e. The summed E-state index contributed by atoms with van der Waals surface area (Å²) in [6.45, 7) is 1.61. The number of hydrogen-bond acceptors (Lipinski definition) is 4. The van der Waals surface area contributed by atoms with Crippen molar-refractivity contribution < 1.29 is 4.79 Å². The fourth-order valence-electron chi connectivity index (χ4n) is 0.656. The van der Waals surface area contributed by atoms with Crippen molar-refractivity contribution in [1.82, 2.24) is 14.8 Å². The van der Waals surface area contributed by atoms with Crippen LogP contribution in [0.15, 0.2) is 6.33 Å². The maximum Gasteiger partial charge on any atom is 0.218 e. The predicted octanol–water partition coefficient (Wildman–Crippen LogP) is -0.655. The smallest absolute Gasteiger partial charge is 0.218 e. The van der Waals surface area contributed by atoms with Crippen molar-refractivity contribution >= 4 is 5.78 Å². The summed E-state index contributed by atoms with van der Waals surface area (Å²) in [5.41, 5.74) is 5.34. The van der Waals surface area contributed by atoms with E-state index in [1.54, 1.807) is 14.0 Å². The van der Waals surface area contributed by atoms with Crippen molar-refractivity contribution in [2.75, 3.05) is 0 Å². The first-order chi connectivity index (χ1) is 5.11. The number of carbonyl (C=O) groups is 1. The number of aromatic nitrogens is 3. The maximum absolute atomic E-state index is 11.1. The van der Waals surface area contributed by atoms with Gasteiger partial charge >= 0.3 is 0 Å². The van der Waals surface area contributed by atoms with E-state index >= 15 is 0 Å². The number of nitrogens with two attached hydrogens (primary N) is 1. The Labute approximate surface area is 64.2 Å². The van der Waals surface area contributed by atoms with E-state index in [4.69, 9.17) is 5.73 Å². The van der Waals surface area contributed by atoms with Gasteiger partial charge in [0.1, 0.15) is 6.33 Å². The second-order valence-corrected chi connectivity index (χ2v) is 2.39. The average Bonchev–Trinajstić information content (AvgIpc) is 2.34. The van der Waals surface area contributed by atoms with E-state index in [0.717, 1.165) is 0 Å². The second kappa shape index (κ2) is 2.79. The molecule has 0 saturated carbocycles. The summed E-state index contributed by atoms with van der Waals surface area (Å²) >= 11 is 0. The lowest BCUT2D eigenvalue weighted by Gasteiger charge is -1.96. The molecule has 1 heterocycles. The Kier molecular flexibility index (Phi) is 2.00. The minimum absolute atomic E-state index is 0.183. The molecule has 1 unspecified atom stereocenters. The number of aryl methyl sites for hydroxylation is 1. The number of Topliss-reactive ketones (excluding diaryl/α,β-unsaturated/α-hetero) is 1. The molecule has 0 fully saturated rings. The molecular formula is C6H10N4O. The molecule has 1 atom stereocenters. The summed E-state index contributed by atoms with van der Waals surface area (Å²) in [6.07, 6.45) is 1.47. The van der Waals surface area contributed by atoms with Gasteiger partial charge in [-0.25, -0.2) is 4.98 Å². The van der Waals surface area contributed by atoms with Gasteiger partial charge in [-0.15, -0.1) is 5.10 Å². The molecule has 11 heavy (non-hydrogen) atoms. The molecule has 1 aromatic rings. The van der Waals surface area contributed by atoms with E-state index in [1.807, 2.05) is 0 Å². The minimum atomic E-state index is -0.530. The highest BCUT2D eigenvalue weighted by Crippen LogP contribution is 1.92. The summed E-state index contributed by atoms with van der Waals surface area (Å²) in [6, 6.07) is -0.530. The third-order valence-electron chi connectivity index (χ3n) is 1.23. The molecule has 0 spiro atoms. The zero-order valence-electron chi connectivity index (χ0n) is 6.48. The maximum atomic E-state index is 11.1. The van der Waals surface area contributed by atoms with Crippen LogP contribution >= 0.6 is 0 Å². The fourth-order valence-corrected chi connectivity index (χ4v) is 0.656. The van der Waals surface area contributed by atoms with E-state index in [1.165, 1.54) is 11.0 Å². The fraction of sp³-hybridized carbons (Fsp3) is 0.500. The molecule has 0 aliphatic rings. The van der Waals surface area contributed by atoms with Gasteiger partial charge in [-0.1, -0.05) is 0 Å². The molecule has 5 nitrogen and oxygen atoms in total. The van der Waals surface area contributed by atoms with Crippen molar-refractivity contribution in [3.8, 4) is 0 Å². The topological polar surface area (TPSA) is 73.8 Å². The molecule has 5 heteroatoms. The molecule has 1 aromatic heterocycles. The molecule has 0 bridgehead atoms. The number of nitrogens with zero attached hydrogens (tertiary/aromatic N) is 3. The lowest BCUT2D eigenvalue weighted by molar-refractivity contribution is 0.0957. The quantitative estimate of drug-likeness (QED) is 0.574. The average molecular weight is 154 g/mol. The monoisotopic (exact) mass is 154 g/mol. The molecule has 0 aliphatic heterocycles. The lowest BCUT2D eigenvalue weighted by atomic mass is 10.2. The van der Waals surface area contributed by atoms with Gasteiger partial charge in [-0.2, -0.15) is 0 Å².